The van der Waals surface area contributed by atoms with E-state index in [0.29, 0.717) is 0 Å². The van der Waals surface area contributed by atoms with Gasteiger partial charge in [-0.15, -0.1) is 11.3 Å². The van der Waals surface area contributed by atoms with Gasteiger partial charge < -0.3 is 5.32 Å². The summed E-state index contributed by atoms with van der Waals surface area (Å²) in [6, 6.07) is 0. The summed E-state index contributed by atoms with van der Waals surface area (Å²) >= 11 is 1.92. The van der Waals surface area contributed by atoms with Gasteiger partial charge in [-0.3, -0.25) is 0 Å². The summed E-state index contributed by atoms with van der Waals surface area (Å²) in [7, 11) is 0. The predicted molar refractivity (Wildman–Crippen MR) is 93.0 cm³/mol. The van der Waals surface area contributed by atoms with E-state index in [4.69, 9.17) is 4.98 Å². The Morgan fingerprint density at radius 1 is 1.19 bits per heavy atom. The van der Waals surface area contributed by atoms with Gasteiger partial charge in [-0.1, -0.05) is 39.5 Å². The van der Waals surface area contributed by atoms with E-state index in [2.05, 4.69) is 33.0 Å². The second-order valence-corrected chi connectivity index (χ2v) is 7.96. The molecule has 0 aromatic carbocycles. The maximum Gasteiger partial charge on any atom is 0.113 e. The molecule has 2 unspecified atom stereocenters. The minimum atomic E-state index is 0.155. The topological polar surface area (TPSA) is 24.9 Å². The van der Waals surface area contributed by atoms with E-state index >= 15 is 0 Å². The standard InChI is InChI=1S/C18H32N2S/c1-5-8-16-9-7-11-18(12-10-16,19-13-6-2)17-20-14(3)15(4)21-17/h16,19H,5-13H2,1-4H3. The van der Waals surface area contributed by atoms with Crippen LogP contribution >= 0.6 is 11.3 Å². The van der Waals surface area contributed by atoms with E-state index in [1.807, 2.05) is 11.3 Å². The lowest BCUT2D eigenvalue weighted by Crippen LogP contribution is -2.42. The van der Waals surface area contributed by atoms with Gasteiger partial charge in [0.1, 0.15) is 5.01 Å². The number of thiazole rings is 1. The average molecular weight is 309 g/mol. The van der Waals surface area contributed by atoms with Gasteiger partial charge in [0.25, 0.3) is 0 Å². The maximum atomic E-state index is 4.93. The molecule has 1 saturated carbocycles. The van der Waals surface area contributed by atoms with Crippen LogP contribution in [0.2, 0.25) is 0 Å². The number of rotatable bonds is 6. The average Bonchev–Trinajstić information content (AvgIpc) is 2.70. The lowest BCUT2D eigenvalue weighted by atomic mass is 9.89. The molecule has 1 aliphatic rings. The van der Waals surface area contributed by atoms with Crippen LogP contribution < -0.4 is 5.32 Å². The molecule has 2 rings (SSSR count). The molecule has 0 spiro atoms. The molecule has 2 atom stereocenters. The summed E-state index contributed by atoms with van der Waals surface area (Å²) in [5.74, 6) is 0.933. The van der Waals surface area contributed by atoms with E-state index in [0.717, 1.165) is 12.5 Å². The summed E-state index contributed by atoms with van der Waals surface area (Å²) in [5.41, 5.74) is 1.38. The molecule has 3 heteroatoms. The van der Waals surface area contributed by atoms with Crippen molar-refractivity contribution < 1.29 is 0 Å². The fourth-order valence-corrected chi connectivity index (χ4v) is 4.75. The van der Waals surface area contributed by atoms with Gasteiger partial charge in [-0.05, 0) is 52.0 Å². The van der Waals surface area contributed by atoms with Crippen molar-refractivity contribution in [2.45, 2.75) is 84.6 Å². The summed E-state index contributed by atoms with van der Waals surface area (Å²) in [4.78, 5) is 6.31. The van der Waals surface area contributed by atoms with Crippen molar-refractivity contribution in [3.63, 3.8) is 0 Å². The minimum absolute atomic E-state index is 0.155. The third-order valence-electron chi connectivity index (χ3n) is 5.04. The van der Waals surface area contributed by atoms with Crippen LogP contribution in [0.1, 0.15) is 80.8 Å². The summed E-state index contributed by atoms with van der Waals surface area (Å²) in [6.45, 7) is 10.0. The minimum Gasteiger partial charge on any atom is -0.305 e. The van der Waals surface area contributed by atoms with E-state index in [1.165, 1.54) is 66.9 Å². The van der Waals surface area contributed by atoms with E-state index < -0.39 is 0 Å². The normalized spacial score (nSPS) is 26.8. The smallest absolute Gasteiger partial charge is 0.113 e. The highest BCUT2D eigenvalue weighted by molar-refractivity contribution is 7.11. The lowest BCUT2D eigenvalue weighted by molar-refractivity contribution is 0.283. The van der Waals surface area contributed by atoms with Crippen LogP contribution in [0.25, 0.3) is 0 Å². The molecule has 1 N–H and O–H groups in total. The van der Waals surface area contributed by atoms with Gasteiger partial charge in [-0.2, -0.15) is 0 Å². The van der Waals surface area contributed by atoms with Crippen LogP contribution in [0.4, 0.5) is 0 Å². The molecule has 0 saturated heterocycles. The Bertz CT molecular complexity index is 421. The Hall–Kier alpha value is -0.410. The maximum absolute atomic E-state index is 4.93. The largest absolute Gasteiger partial charge is 0.305 e. The van der Waals surface area contributed by atoms with Crippen molar-refractivity contribution in [2.75, 3.05) is 6.54 Å². The number of nitrogens with one attached hydrogen (secondary N) is 1. The molecule has 0 bridgehead atoms. The summed E-state index contributed by atoms with van der Waals surface area (Å²) in [6.07, 6.45) is 10.6. The number of aryl methyl sites for hydroxylation is 2. The molecule has 1 aromatic heterocycles. The number of hydrogen-bond acceptors (Lipinski definition) is 3. The highest BCUT2D eigenvalue weighted by Crippen LogP contribution is 2.41. The van der Waals surface area contributed by atoms with Gasteiger partial charge in [0.05, 0.1) is 11.2 Å². The Labute approximate surface area is 134 Å². The molecule has 2 nitrogen and oxygen atoms in total. The fourth-order valence-electron chi connectivity index (χ4n) is 3.62. The SMILES string of the molecule is CCCNC1(c2nc(C)c(C)s2)CCCC(CCC)CC1. The highest BCUT2D eigenvalue weighted by atomic mass is 32.1. The number of nitrogens with zero attached hydrogens (tertiary/aromatic N) is 1. The Morgan fingerprint density at radius 3 is 2.62 bits per heavy atom. The molecular formula is C18H32N2S. The first-order valence-corrected chi connectivity index (χ1v) is 9.62. The second kappa shape index (κ2) is 7.73. The van der Waals surface area contributed by atoms with Gasteiger partial charge in [-0.25, -0.2) is 4.98 Å². The highest BCUT2D eigenvalue weighted by Gasteiger charge is 2.36. The molecule has 0 amide bonds. The molecule has 0 radical (unpaired) electrons. The van der Waals surface area contributed by atoms with Crippen LogP contribution in [0.5, 0.6) is 0 Å². The molecule has 1 aliphatic carbocycles. The first-order chi connectivity index (χ1) is 10.1. The predicted octanol–water partition coefficient (Wildman–Crippen LogP) is 5.34. The zero-order valence-corrected chi connectivity index (χ0v) is 15.1. The van der Waals surface area contributed by atoms with Gasteiger partial charge >= 0.3 is 0 Å². The molecule has 120 valence electrons. The van der Waals surface area contributed by atoms with E-state index in [1.54, 1.807) is 0 Å². The monoisotopic (exact) mass is 308 g/mol. The third-order valence-corrected chi connectivity index (χ3v) is 6.32. The van der Waals surface area contributed by atoms with Crippen LogP contribution in [-0.2, 0) is 5.54 Å². The summed E-state index contributed by atoms with van der Waals surface area (Å²) in [5, 5.41) is 5.24. The van der Waals surface area contributed by atoms with Crippen molar-refractivity contribution in [1.29, 1.82) is 0 Å². The van der Waals surface area contributed by atoms with Crippen LogP contribution in [0.15, 0.2) is 0 Å². The number of hydrogen-bond donors (Lipinski definition) is 1. The first kappa shape index (κ1) is 17.0. The van der Waals surface area contributed by atoms with Crippen LogP contribution in [0, 0.1) is 19.8 Å². The third kappa shape index (κ3) is 4.07. The summed E-state index contributed by atoms with van der Waals surface area (Å²) < 4.78 is 0. The second-order valence-electron chi connectivity index (χ2n) is 6.76. The van der Waals surface area contributed by atoms with Crippen molar-refractivity contribution in [2.24, 2.45) is 5.92 Å². The molecule has 1 fully saturated rings. The van der Waals surface area contributed by atoms with Gasteiger partial charge in [0.2, 0.25) is 0 Å². The lowest BCUT2D eigenvalue weighted by Gasteiger charge is -2.32. The Kier molecular flexibility index (Phi) is 6.24. The first-order valence-electron chi connectivity index (χ1n) is 8.81. The van der Waals surface area contributed by atoms with Gasteiger partial charge in [0.15, 0.2) is 0 Å². The van der Waals surface area contributed by atoms with Crippen LogP contribution in [-0.4, -0.2) is 11.5 Å². The zero-order valence-electron chi connectivity index (χ0n) is 14.3. The Morgan fingerprint density at radius 2 is 2.00 bits per heavy atom. The van der Waals surface area contributed by atoms with Crippen LogP contribution in [0.3, 0.4) is 0 Å². The fraction of sp³-hybridized carbons (Fsp3) is 0.833. The van der Waals surface area contributed by atoms with Crippen molar-refractivity contribution in [1.82, 2.24) is 10.3 Å². The molecule has 1 aromatic rings. The molecule has 1 heterocycles. The van der Waals surface area contributed by atoms with Crippen molar-refractivity contribution >= 4 is 11.3 Å². The Balaban J connectivity index is 2.20. The van der Waals surface area contributed by atoms with E-state index in [-0.39, 0.29) is 5.54 Å². The van der Waals surface area contributed by atoms with Gasteiger partial charge in [0, 0.05) is 4.88 Å². The molecule has 21 heavy (non-hydrogen) atoms. The van der Waals surface area contributed by atoms with Crippen molar-refractivity contribution in [3.05, 3.63) is 15.6 Å². The quantitative estimate of drug-likeness (QED) is 0.718. The van der Waals surface area contributed by atoms with E-state index in [9.17, 15) is 0 Å². The molecular weight excluding hydrogens is 276 g/mol. The zero-order chi connectivity index (χ0) is 15.3. The molecule has 0 aliphatic heterocycles. The van der Waals surface area contributed by atoms with Crippen molar-refractivity contribution in [3.8, 4) is 0 Å². The number of aromatic nitrogens is 1.